The monoisotopic (exact) mass is 398 g/mol. The van der Waals surface area contributed by atoms with Crippen molar-refractivity contribution in [3.8, 4) is 0 Å². The van der Waals surface area contributed by atoms with Crippen LogP contribution in [0.15, 0.2) is 60.7 Å². The van der Waals surface area contributed by atoms with E-state index in [1.807, 2.05) is 30.3 Å². The Balaban J connectivity index is 2.17. The van der Waals surface area contributed by atoms with Crippen LogP contribution < -0.4 is 5.32 Å². The number of esters is 1. The van der Waals surface area contributed by atoms with E-state index in [1.165, 1.54) is 11.9 Å². The Labute approximate surface area is 169 Å². The second-order valence-corrected chi connectivity index (χ2v) is 6.94. The van der Waals surface area contributed by atoms with Gasteiger partial charge in [0.15, 0.2) is 10.9 Å². The van der Waals surface area contributed by atoms with Crippen molar-refractivity contribution >= 4 is 29.1 Å². The number of hydrogen-bond acceptors (Lipinski definition) is 5. The Morgan fingerprint density at radius 1 is 1.14 bits per heavy atom. The Bertz CT molecular complexity index is 874. The van der Waals surface area contributed by atoms with Gasteiger partial charge in [-0.05, 0) is 24.7 Å². The van der Waals surface area contributed by atoms with Gasteiger partial charge in [-0.3, -0.25) is 4.79 Å². The molecule has 3 unspecified atom stereocenters. The van der Waals surface area contributed by atoms with Crippen LogP contribution in [-0.2, 0) is 9.53 Å². The van der Waals surface area contributed by atoms with Gasteiger partial charge in [0.2, 0.25) is 0 Å². The van der Waals surface area contributed by atoms with Crippen LogP contribution in [0.5, 0.6) is 0 Å². The molecule has 1 heterocycles. The van der Waals surface area contributed by atoms with Gasteiger partial charge in [-0.2, -0.15) is 0 Å². The number of thiocarbonyl (C=S) groups is 1. The Hall–Kier alpha value is -2.77. The number of ether oxygens (including phenoxy) is 1. The van der Waals surface area contributed by atoms with Gasteiger partial charge in [-0.15, -0.1) is 0 Å². The van der Waals surface area contributed by atoms with Crippen LogP contribution in [-0.4, -0.2) is 46.3 Å². The van der Waals surface area contributed by atoms with E-state index in [4.69, 9.17) is 17.0 Å². The van der Waals surface area contributed by atoms with Crippen molar-refractivity contribution in [2.75, 3.05) is 13.7 Å². The molecule has 2 aromatic rings. The first-order valence-electron chi connectivity index (χ1n) is 8.99. The van der Waals surface area contributed by atoms with Gasteiger partial charge >= 0.3 is 5.97 Å². The summed E-state index contributed by atoms with van der Waals surface area (Å²) < 4.78 is 5.13. The third-order valence-corrected chi connectivity index (χ3v) is 5.33. The van der Waals surface area contributed by atoms with Gasteiger partial charge in [0.25, 0.3) is 5.72 Å². The molecule has 28 heavy (non-hydrogen) atoms. The lowest BCUT2D eigenvalue weighted by Gasteiger charge is -2.49. The fourth-order valence-corrected chi connectivity index (χ4v) is 3.73. The lowest BCUT2D eigenvalue weighted by molar-refractivity contribution is -0.191. The molecule has 2 aromatic carbocycles. The molecular weight excluding hydrogens is 376 g/mol. The number of aliphatic hydroxyl groups is 1. The smallest absolute Gasteiger partial charge is 0.360 e. The minimum absolute atomic E-state index is 0.0669. The molecule has 0 aromatic heterocycles. The minimum atomic E-state index is -2.24. The zero-order valence-corrected chi connectivity index (χ0v) is 16.5. The van der Waals surface area contributed by atoms with E-state index in [-0.39, 0.29) is 17.5 Å². The van der Waals surface area contributed by atoms with E-state index < -0.39 is 23.7 Å². The number of ketones is 1. The fraction of sp³-hybridized carbons (Fsp3) is 0.286. The van der Waals surface area contributed by atoms with Crippen LogP contribution >= 0.6 is 12.2 Å². The highest BCUT2D eigenvalue weighted by Crippen LogP contribution is 2.40. The number of carbonyl (C=O) groups is 2. The first-order chi connectivity index (χ1) is 13.4. The maximum Gasteiger partial charge on any atom is 0.360 e. The van der Waals surface area contributed by atoms with Crippen LogP contribution in [0.3, 0.4) is 0 Å². The van der Waals surface area contributed by atoms with Crippen molar-refractivity contribution in [3.63, 3.8) is 0 Å². The van der Waals surface area contributed by atoms with Crippen LogP contribution in [0.2, 0.25) is 0 Å². The number of Topliss-reactive ketones (excluding diaryl/α,β-unsaturated/α-hetero) is 1. The first-order valence-corrected chi connectivity index (χ1v) is 9.40. The molecule has 6 nitrogen and oxygen atoms in total. The van der Waals surface area contributed by atoms with Crippen LogP contribution in [0.1, 0.15) is 28.9 Å². The quantitative estimate of drug-likeness (QED) is 0.455. The molecule has 0 bridgehead atoms. The summed E-state index contributed by atoms with van der Waals surface area (Å²) in [6.07, 6.45) is 0. The molecule has 3 atom stereocenters. The number of nitrogens with zero attached hydrogens (tertiary/aromatic N) is 1. The Morgan fingerprint density at radius 3 is 2.29 bits per heavy atom. The van der Waals surface area contributed by atoms with Crippen molar-refractivity contribution in [2.45, 2.75) is 18.7 Å². The number of benzene rings is 2. The van der Waals surface area contributed by atoms with Gasteiger partial charge in [-0.1, -0.05) is 60.7 Å². The summed E-state index contributed by atoms with van der Waals surface area (Å²) in [5.74, 6) is -2.46. The van der Waals surface area contributed by atoms with Gasteiger partial charge < -0.3 is 20.1 Å². The van der Waals surface area contributed by atoms with Gasteiger partial charge in [0.05, 0.1) is 12.6 Å². The van der Waals surface area contributed by atoms with Crippen molar-refractivity contribution in [1.29, 1.82) is 0 Å². The molecule has 0 saturated carbocycles. The molecule has 0 aliphatic carbocycles. The van der Waals surface area contributed by atoms with E-state index in [0.29, 0.717) is 5.56 Å². The largest absolute Gasteiger partial charge is 0.462 e. The summed E-state index contributed by atoms with van der Waals surface area (Å²) in [5.41, 5.74) is -1.12. The maximum absolute atomic E-state index is 13.5. The zero-order chi connectivity index (χ0) is 20.3. The molecule has 3 rings (SSSR count). The van der Waals surface area contributed by atoms with Gasteiger partial charge in [0, 0.05) is 12.6 Å². The molecular formula is C21H22N2O4S. The van der Waals surface area contributed by atoms with Crippen molar-refractivity contribution in [2.24, 2.45) is 5.92 Å². The third-order valence-electron chi connectivity index (χ3n) is 4.94. The number of rotatable bonds is 5. The molecule has 0 radical (unpaired) electrons. The number of likely N-dealkylation sites (N-methyl/N-ethyl adjacent to an activating group) is 1. The van der Waals surface area contributed by atoms with E-state index in [2.05, 4.69) is 5.32 Å². The normalized spacial score (nSPS) is 24.4. The van der Waals surface area contributed by atoms with Gasteiger partial charge in [0.1, 0.15) is 5.92 Å². The van der Waals surface area contributed by atoms with E-state index >= 15 is 0 Å². The minimum Gasteiger partial charge on any atom is -0.462 e. The fourth-order valence-electron chi connectivity index (χ4n) is 3.46. The highest BCUT2D eigenvalue weighted by molar-refractivity contribution is 7.80. The summed E-state index contributed by atoms with van der Waals surface area (Å²) >= 11 is 5.35. The van der Waals surface area contributed by atoms with Crippen LogP contribution in [0, 0.1) is 5.92 Å². The summed E-state index contributed by atoms with van der Waals surface area (Å²) in [7, 11) is 1.47. The van der Waals surface area contributed by atoms with E-state index in [0.717, 1.165) is 5.56 Å². The highest BCUT2D eigenvalue weighted by atomic mass is 32.1. The maximum atomic E-state index is 13.5. The predicted octanol–water partition coefficient (Wildman–Crippen LogP) is 2.30. The standard InChI is InChI=1S/C21H22N2O4S/c1-3-27-19(25)21(26)16(18(24)15-12-8-5-9-13-15)17(22-20(28)23(21)2)14-10-6-4-7-11-14/h4-13,16-17,26H,3H2,1-2H3,(H,22,28). The molecule has 1 fully saturated rings. The SMILES string of the molecule is CCOC(=O)C1(O)C(C(=O)c2ccccc2)C(c2ccccc2)NC(=S)N1C. The average molecular weight is 398 g/mol. The molecule has 146 valence electrons. The zero-order valence-electron chi connectivity index (χ0n) is 15.7. The van der Waals surface area contributed by atoms with Crippen molar-refractivity contribution in [3.05, 3.63) is 71.8 Å². The van der Waals surface area contributed by atoms with Gasteiger partial charge in [-0.25, -0.2) is 4.79 Å². The van der Waals surface area contributed by atoms with Crippen LogP contribution in [0.4, 0.5) is 0 Å². The summed E-state index contributed by atoms with van der Waals surface area (Å²) in [6.45, 7) is 1.71. The molecule has 2 N–H and O–H groups in total. The molecule has 0 spiro atoms. The topological polar surface area (TPSA) is 78.9 Å². The van der Waals surface area contributed by atoms with E-state index in [9.17, 15) is 14.7 Å². The molecule has 1 saturated heterocycles. The second kappa shape index (κ2) is 8.08. The number of hydrogen-bond donors (Lipinski definition) is 2. The predicted molar refractivity (Wildman–Crippen MR) is 109 cm³/mol. The summed E-state index contributed by atoms with van der Waals surface area (Å²) in [5, 5.41) is 14.8. The molecule has 7 heteroatoms. The second-order valence-electron chi connectivity index (χ2n) is 6.55. The van der Waals surface area contributed by atoms with Crippen LogP contribution in [0.25, 0.3) is 0 Å². The first kappa shape index (κ1) is 20.0. The Morgan fingerprint density at radius 2 is 1.71 bits per heavy atom. The number of nitrogens with one attached hydrogen (secondary N) is 1. The molecule has 1 aliphatic rings. The lowest BCUT2D eigenvalue weighted by Crippen LogP contribution is -2.70. The van der Waals surface area contributed by atoms with Crippen molar-refractivity contribution < 1.29 is 19.4 Å². The highest BCUT2D eigenvalue weighted by Gasteiger charge is 2.59. The summed E-state index contributed by atoms with van der Waals surface area (Å²) in [4.78, 5) is 27.5. The van der Waals surface area contributed by atoms with Crippen molar-refractivity contribution in [1.82, 2.24) is 10.2 Å². The molecule has 0 amide bonds. The summed E-state index contributed by atoms with van der Waals surface area (Å²) in [6, 6.07) is 17.0. The third kappa shape index (κ3) is 3.39. The number of carbonyl (C=O) groups excluding carboxylic acids is 2. The lowest BCUT2D eigenvalue weighted by atomic mass is 9.77. The van der Waals surface area contributed by atoms with E-state index in [1.54, 1.807) is 37.3 Å². The average Bonchev–Trinajstić information content (AvgIpc) is 2.72. The Kier molecular flexibility index (Phi) is 5.76. The molecule has 1 aliphatic heterocycles.